The van der Waals surface area contributed by atoms with Gasteiger partial charge < -0.3 is 15.8 Å². The largest absolute Gasteiger partial charge is 0.463 e. The van der Waals surface area contributed by atoms with Crippen molar-refractivity contribution >= 4 is 17.8 Å². The number of allylic oxidation sites excluding steroid dienone is 1. The van der Waals surface area contributed by atoms with Crippen molar-refractivity contribution in [2.24, 2.45) is 11.7 Å². The molecule has 0 radical (unpaired) electrons. The number of carbonyl (C=O) groups is 3. The molecule has 0 aliphatic carbocycles. The average molecular weight is 302 g/mol. The Balaban J connectivity index is 2.60. The van der Waals surface area contributed by atoms with E-state index in [1.54, 1.807) is 38.1 Å². The van der Waals surface area contributed by atoms with E-state index in [0.29, 0.717) is 11.3 Å². The molecule has 0 saturated heterocycles. The predicted molar refractivity (Wildman–Crippen MR) is 79.3 cm³/mol. The van der Waals surface area contributed by atoms with Gasteiger partial charge in [-0.15, -0.1) is 0 Å². The fourth-order valence-corrected chi connectivity index (χ4v) is 2.68. The molecule has 6 heteroatoms. The van der Waals surface area contributed by atoms with Crippen molar-refractivity contribution < 1.29 is 19.1 Å². The fourth-order valence-electron chi connectivity index (χ4n) is 2.68. The summed E-state index contributed by atoms with van der Waals surface area (Å²) in [6.45, 7) is 3.50. The Morgan fingerprint density at radius 2 is 1.91 bits per heavy atom. The molecule has 1 aromatic rings. The number of nitrogens with one attached hydrogen (secondary N) is 1. The Hall–Kier alpha value is -2.63. The molecule has 1 heterocycles. The molecular weight excluding hydrogens is 284 g/mol. The van der Waals surface area contributed by atoms with Gasteiger partial charge in [0.15, 0.2) is 0 Å². The number of rotatable bonds is 4. The minimum absolute atomic E-state index is 0.201. The van der Waals surface area contributed by atoms with Crippen LogP contribution in [-0.4, -0.2) is 24.4 Å². The normalized spacial score (nSPS) is 21.3. The molecule has 1 aliphatic rings. The molecule has 2 atom stereocenters. The van der Waals surface area contributed by atoms with Gasteiger partial charge in [-0.3, -0.25) is 9.59 Å². The van der Waals surface area contributed by atoms with Crippen LogP contribution >= 0.6 is 0 Å². The Morgan fingerprint density at radius 1 is 1.27 bits per heavy atom. The van der Waals surface area contributed by atoms with Crippen LogP contribution in [0.3, 0.4) is 0 Å². The van der Waals surface area contributed by atoms with Gasteiger partial charge in [-0.1, -0.05) is 30.3 Å². The standard InChI is InChI=1S/C16H18N2O4/c1-3-22-16(21)11-9(2)18-15(20)13(14(17)19)12(11)10-7-5-4-6-8-10/h4-8,12-13H,3H2,1-2H3,(H2,17,19)(H,18,20)/t12-,13+/m0/s1. The lowest BCUT2D eigenvalue weighted by Crippen LogP contribution is -2.47. The number of hydrogen-bond donors (Lipinski definition) is 2. The molecule has 0 saturated carbocycles. The van der Waals surface area contributed by atoms with E-state index in [1.807, 2.05) is 6.07 Å². The van der Waals surface area contributed by atoms with E-state index < -0.39 is 29.6 Å². The summed E-state index contributed by atoms with van der Waals surface area (Å²) in [6.07, 6.45) is 0. The van der Waals surface area contributed by atoms with E-state index in [1.165, 1.54) is 0 Å². The summed E-state index contributed by atoms with van der Waals surface area (Å²) in [5, 5.41) is 2.54. The number of esters is 1. The summed E-state index contributed by atoms with van der Waals surface area (Å²) in [4.78, 5) is 36.2. The third kappa shape index (κ3) is 2.86. The van der Waals surface area contributed by atoms with E-state index in [2.05, 4.69) is 5.32 Å². The van der Waals surface area contributed by atoms with E-state index in [9.17, 15) is 14.4 Å². The van der Waals surface area contributed by atoms with Gasteiger partial charge in [-0.2, -0.15) is 0 Å². The van der Waals surface area contributed by atoms with E-state index >= 15 is 0 Å². The summed E-state index contributed by atoms with van der Waals surface area (Å²) >= 11 is 0. The Morgan fingerprint density at radius 3 is 2.45 bits per heavy atom. The zero-order valence-electron chi connectivity index (χ0n) is 12.5. The first-order chi connectivity index (χ1) is 10.5. The number of benzene rings is 1. The number of amides is 2. The third-order valence-corrected chi connectivity index (χ3v) is 3.60. The van der Waals surface area contributed by atoms with E-state index in [4.69, 9.17) is 10.5 Å². The summed E-state index contributed by atoms with van der Waals surface area (Å²) in [5.41, 5.74) is 6.71. The van der Waals surface area contributed by atoms with Crippen LogP contribution in [0.4, 0.5) is 0 Å². The predicted octanol–water partition coefficient (Wildman–Crippen LogP) is 0.839. The van der Waals surface area contributed by atoms with Gasteiger partial charge in [0.05, 0.1) is 12.2 Å². The molecule has 0 aromatic heterocycles. The number of nitrogens with two attached hydrogens (primary N) is 1. The lowest BCUT2D eigenvalue weighted by Gasteiger charge is -2.31. The minimum Gasteiger partial charge on any atom is -0.463 e. The van der Waals surface area contributed by atoms with Gasteiger partial charge in [0.2, 0.25) is 11.8 Å². The average Bonchev–Trinajstić information content (AvgIpc) is 2.47. The van der Waals surface area contributed by atoms with Crippen LogP contribution in [-0.2, 0) is 19.1 Å². The third-order valence-electron chi connectivity index (χ3n) is 3.60. The molecule has 3 N–H and O–H groups in total. The molecule has 2 rings (SSSR count). The summed E-state index contributed by atoms with van der Waals surface area (Å²) in [6, 6.07) is 8.87. The molecule has 0 unspecified atom stereocenters. The first-order valence-electron chi connectivity index (χ1n) is 7.00. The fraction of sp³-hybridized carbons (Fsp3) is 0.312. The van der Waals surface area contributed by atoms with Crippen LogP contribution in [0.25, 0.3) is 0 Å². The second-order valence-electron chi connectivity index (χ2n) is 5.02. The van der Waals surface area contributed by atoms with Gasteiger partial charge in [0.25, 0.3) is 0 Å². The van der Waals surface area contributed by atoms with Crippen LogP contribution in [0.15, 0.2) is 41.6 Å². The van der Waals surface area contributed by atoms with Gasteiger partial charge in [-0.25, -0.2) is 4.79 Å². The molecule has 1 aliphatic heterocycles. The molecule has 6 nitrogen and oxygen atoms in total. The van der Waals surface area contributed by atoms with Crippen LogP contribution in [0, 0.1) is 5.92 Å². The molecule has 22 heavy (non-hydrogen) atoms. The van der Waals surface area contributed by atoms with Gasteiger partial charge >= 0.3 is 5.97 Å². The quantitative estimate of drug-likeness (QED) is 0.636. The second kappa shape index (κ2) is 6.43. The Labute approximate surface area is 128 Å². The van der Waals surface area contributed by atoms with Crippen molar-refractivity contribution in [3.63, 3.8) is 0 Å². The Kier molecular flexibility index (Phi) is 4.60. The highest BCUT2D eigenvalue weighted by molar-refractivity contribution is 6.06. The topological polar surface area (TPSA) is 98.5 Å². The Bertz CT molecular complexity index is 637. The van der Waals surface area contributed by atoms with Crippen molar-refractivity contribution in [1.82, 2.24) is 5.32 Å². The van der Waals surface area contributed by atoms with Gasteiger partial charge in [0.1, 0.15) is 5.92 Å². The second-order valence-corrected chi connectivity index (χ2v) is 5.02. The SMILES string of the molecule is CCOC(=O)C1=C(C)NC(=O)[C@@H](C(N)=O)[C@H]1c1ccccc1. The van der Waals surface area contributed by atoms with Crippen LogP contribution in [0.2, 0.25) is 0 Å². The molecule has 1 aromatic carbocycles. The first kappa shape index (κ1) is 15.8. The van der Waals surface area contributed by atoms with Crippen LogP contribution < -0.4 is 11.1 Å². The minimum atomic E-state index is -1.15. The monoisotopic (exact) mass is 302 g/mol. The van der Waals surface area contributed by atoms with E-state index in [-0.39, 0.29) is 12.2 Å². The highest BCUT2D eigenvalue weighted by atomic mass is 16.5. The lowest BCUT2D eigenvalue weighted by molar-refractivity contribution is -0.140. The van der Waals surface area contributed by atoms with Crippen molar-refractivity contribution in [2.75, 3.05) is 6.61 Å². The van der Waals surface area contributed by atoms with Crippen LogP contribution in [0.5, 0.6) is 0 Å². The summed E-state index contributed by atoms with van der Waals surface area (Å²) in [5.74, 6) is -3.73. The molecule has 0 spiro atoms. The highest BCUT2D eigenvalue weighted by Gasteiger charge is 2.43. The number of hydrogen-bond acceptors (Lipinski definition) is 4. The molecule has 0 bridgehead atoms. The summed E-state index contributed by atoms with van der Waals surface area (Å²) in [7, 11) is 0. The van der Waals surface area contributed by atoms with Gasteiger partial charge in [-0.05, 0) is 19.4 Å². The van der Waals surface area contributed by atoms with Crippen LogP contribution in [0.1, 0.15) is 25.3 Å². The zero-order chi connectivity index (χ0) is 16.3. The maximum Gasteiger partial charge on any atom is 0.336 e. The molecular formula is C16H18N2O4. The zero-order valence-corrected chi connectivity index (χ0v) is 12.5. The lowest BCUT2D eigenvalue weighted by atomic mass is 9.76. The summed E-state index contributed by atoms with van der Waals surface area (Å²) < 4.78 is 5.07. The molecule has 2 amide bonds. The molecule has 0 fully saturated rings. The smallest absolute Gasteiger partial charge is 0.336 e. The van der Waals surface area contributed by atoms with Crippen molar-refractivity contribution in [2.45, 2.75) is 19.8 Å². The van der Waals surface area contributed by atoms with E-state index in [0.717, 1.165) is 0 Å². The van der Waals surface area contributed by atoms with Gasteiger partial charge in [0, 0.05) is 11.6 Å². The first-order valence-corrected chi connectivity index (χ1v) is 7.00. The maximum atomic E-state index is 12.3. The van der Waals surface area contributed by atoms with Crippen molar-refractivity contribution in [1.29, 1.82) is 0 Å². The number of ether oxygens (including phenoxy) is 1. The van der Waals surface area contributed by atoms with Crippen molar-refractivity contribution in [3.8, 4) is 0 Å². The number of primary amides is 1. The van der Waals surface area contributed by atoms with Crippen molar-refractivity contribution in [3.05, 3.63) is 47.2 Å². The molecule has 116 valence electrons. The maximum absolute atomic E-state index is 12.3. The highest BCUT2D eigenvalue weighted by Crippen LogP contribution is 2.37. The number of carbonyl (C=O) groups excluding carboxylic acids is 3.